The Bertz CT molecular complexity index is 6200. The van der Waals surface area contributed by atoms with Crippen LogP contribution in [0.3, 0.4) is 0 Å². The number of Topliss-reactive ketones (excluding diaryl/α,β-unsaturated/α-hetero) is 2. The van der Waals surface area contributed by atoms with Crippen LogP contribution in [0.4, 0.5) is 49.4 Å². The maximum atomic E-state index is 12.3. The van der Waals surface area contributed by atoms with Crippen LogP contribution in [0.5, 0.6) is 0 Å². The number of fused-ring (bicyclic) bond motifs is 1. The molecule has 114 heavy (non-hydrogen) atoms. The van der Waals surface area contributed by atoms with Crippen LogP contribution in [0.15, 0.2) is 274 Å². The quantitative estimate of drug-likeness (QED) is 0.0161. The first-order valence-electron chi connectivity index (χ1n) is 34.4. The zero-order valence-electron chi connectivity index (χ0n) is 60.8. The number of aryl methyl sites for hydroxylation is 1. The first-order valence-corrected chi connectivity index (χ1v) is 39.7. The number of para-hydroxylation sites is 1. The fraction of sp³-hybridized carbons (Fsp3) is 0.0875. The van der Waals surface area contributed by atoms with E-state index < -0.39 is 5.97 Å². The molecular weight excluding hydrogens is 1550 g/mol. The number of methoxy groups -OCH3 is 1. The van der Waals surface area contributed by atoms with E-state index in [9.17, 15) is 19.6 Å². The second-order valence-electron chi connectivity index (χ2n) is 23.6. The van der Waals surface area contributed by atoms with Gasteiger partial charge in [0.2, 0.25) is 33.4 Å². The van der Waals surface area contributed by atoms with E-state index in [2.05, 4.69) is 121 Å². The molecule has 0 spiro atoms. The van der Waals surface area contributed by atoms with Crippen molar-refractivity contribution in [2.75, 3.05) is 18.6 Å². The number of nitrogens with zero attached hydrogens (tertiary/aromatic N) is 20. The van der Waals surface area contributed by atoms with E-state index >= 15 is 0 Å². The van der Waals surface area contributed by atoms with Gasteiger partial charge in [0.05, 0.1) is 69.6 Å². The summed E-state index contributed by atoms with van der Waals surface area (Å²) in [6, 6.07) is 64.8. The molecule has 7 aromatic carbocycles. The Morgan fingerprint density at radius 3 is 1.67 bits per heavy atom. The summed E-state index contributed by atoms with van der Waals surface area (Å²) >= 11 is 8.23. The van der Waals surface area contributed by atoms with Crippen molar-refractivity contribution in [1.29, 1.82) is 5.26 Å². The molecule has 560 valence electrons. The predicted octanol–water partition coefficient (Wildman–Crippen LogP) is 23.3. The second-order valence-corrected chi connectivity index (χ2v) is 29.7. The van der Waals surface area contributed by atoms with E-state index in [4.69, 9.17) is 11.3 Å². The summed E-state index contributed by atoms with van der Waals surface area (Å²) in [4.78, 5) is 83.4. The summed E-state index contributed by atoms with van der Waals surface area (Å²) in [5.74, 6) is 4.89. The number of imidazole rings is 4. The lowest BCUT2D eigenvalue weighted by Gasteiger charge is -2.06. The third-order valence-corrected chi connectivity index (χ3v) is 21.2. The van der Waals surface area contributed by atoms with Gasteiger partial charge in [-0.15, -0.1) is 62.4 Å². The number of hydrogen-bond acceptors (Lipinski definition) is 29. The molecular formula is C80H60N24O4S6. The molecule has 0 aliphatic heterocycles. The number of thiazole rings is 2. The normalized spacial score (nSPS) is 11.1. The van der Waals surface area contributed by atoms with Gasteiger partial charge in [0.25, 0.3) is 5.13 Å². The van der Waals surface area contributed by atoms with E-state index in [1.54, 1.807) is 74.5 Å². The summed E-state index contributed by atoms with van der Waals surface area (Å²) in [7, 11) is 1.34. The number of carbonyl (C=O) groups is 3. The van der Waals surface area contributed by atoms with Crippen LogP contribution in [-0.4, -0.2) is 106 Å². The number of ketones is 2. The van der Waals surface area contributed by atoms with Crippen molar-refractivity contribution in [3.63, 3.8) is 0 Å². The number of benzene rings is 7. The number of pyridine rings is 1. The Hall–Kier alpha value is -13.9. The van der Waals surface area contributed by atoms with E-state index in [0.717, 1.165) is 65.2 Å². The van der Waals surface area contributed by atoms with Gasteiger partial charge in [-0.05, 0) is 74.5 Å². The number of aromatic nitrogens is 14. The molecule has 0 saturated heterocycles. The van der Waals surface area contributed by atoms with Crippen molar-refractivity contribution < 1.29 is 19.1 Å². The van der Waals surface area contributed by atoms with Gasteiger partial charge in [0.1, 0.15) is 34.1 Å². The summed E-state index contributed by atoms with van der Waals surface area (Å²) in [6.45, 7) is 14.1. The first-order chi connectivity index (χ1) is 55.8. The second kappa shape index (κ2) is 38.2. The van der Waals surface area contributed by atoms with Gasteiger partial charge in [-0.2, -0.15) is 5.26 Å². The number of carbonyl (C=O) groups excluding carboxylic acids is 3. The number of H-pyrrole nitrogens is 4. The zero-order valence-corrected chi connectivity index (χ0v) is 65.7. The fourth-order valence-electron chi connectivity index (χ4n) is 10.7. The SMILES string of the molecule is CC(=O)c1ccccc1-c1[nH]c(-c2ccccc2)nc1N=Nc1nc2ccccc2s1.CCSc1nnc(N=Nc2nc(-c3cccnc3)[nH]c2-c2ccccc2C(=O)OC)s1.N#Cc1ccccc1-c1[nH]c(-c2ccccc2)nc1N=Nc1nccs1.[C-]#[N+]c1c(C)nsc1N=Nc1[nH]c(-c2ccccc2)nc1SCC(C)=O. The van der Waals surface area contributed by atoms with E-state index in [1.165, 1.54) is 59.8 Å². The van der Waals surface area contributed by atoms with Crippen LogP contribution in [0.25, 0.3) is 94.4 Å². The Balaban J connectivity index is 0.000000133. The number of aromatic amines is 4. The lowest BCUT2D eigenvalue weighted by molar-refractivity contribution is -0.114. The van der Waals surface area contributed by atoms with Crippen LogP contribution in [0.2, 0.25) is 0 Å². The minimum atomic E-state index is -0.457. The summed E-state index contributed by atoms with van der Waals surface area (Å²) in [6.07, 6.45) is 5.04. The zero-order chi connectivity index (χ0) is 79.1. The highest BCUT2D eigenvalue weighted by Gasteiger charge is 2.23. The van der Waals surface area contributed by atoms with Crippen molar-refractivity contribution >= 4 is 146 Å². The number of azo groups is 4. The van der Waals surface area contributed by atoms with Crippen molar-refractivity contribution in [2.45, 2.75) is 37.1 Å². The highest BCUT2D eigenvalue weighted by molar-refractivity contribution is 8.01. The van der Waals surface area contributed by atoms with Crippen LogP contribution in [-0.2, 0) is 9.53 Å². The molecule has 0 aliphatic rings. The van der Waals surface area contributed by atoms with Gasteiger partial charge in [0, 0.05) is 68.5 Å². The topological polar surface area (TPSA) is 380 Å². The number of thioether (sulfide) groups is 2. The Kier molecular flexibility index (Phi) is 26.2. The number of nitrogens with one attached hydrogen (secondary N) is 4. The van der Waals surface area contributed by atoms with Crippen LogP contribution < -0.4 is 0 Å². The molecule has 0 unspecified atom stereocenters. The summed E-state index contributed by atoms with van der Waals surface area (Å²) in [5, 5.41) is 56.0. The van der Waals surface area contributed by atoms with Crippen molar-refractivity contribution in [3.05, 3.63) is 258 Å². The maximum Gasteiger partial charge on any atom is 0.338 e. The molecule has 0 fully saturated rings. The van der Waals surface area contributed by atoms with Crippen molar-refractivity contribution in [3.8, 4) is 85.4 Å². The van der Waals surface area contributed by atoms with E-state index in [-0.39, 0.29) is 11.6 Å². The Morgan fingerprint density at radius 1 is 0.553 bits per heavy atom. The molecule has 4 N–H and O–H groups in total. The van der Waals surface area contributed by atoms with Crippen LogP contribution in [0, 0.1) is 24.8 Å². The van der Waals surface area contributed by atoms with Gasteiger partial charge < -0.3 is 24.7 Å². The smallest absolute Gasteiger partial charge is 0.338 e. The molecule has 16 aromatic rings. The fourth-order valence-corrected chi connectivity index (χ4v) is 14.9. The molecule has 9 aromatic heterocycles. The summed E-state index contributed by atoms with van der Waals surface area (Å²) < 4.78 is 10.9. The number of nitriles is 1. The van der Waals surface area contributed by atoms with Crippen LogP contribution in [0.1, 0.15) is 52.7 Å². The Labute approximate surface area is 675 Å². The van der Waals surface area contributed by atoms with Crippen LogP contribution >= 0.6 is 69.1 Å². The minimum absolute atomic E-state index is 0.0273. The van der Waals surface area contributed by atoms with Crippen molar-refractivity contribution in [1.82, 2.24) is 69.4 Å². The highest BCUT2D eigenvalue weighted by Crippen LogP contribution is 2.42. The lowest BCUT2D eigenvalue weighted by atomic mass is 10.0. The minimum Gasteiger partial charge on any atom is -0.465 e. The third kappa shape index (κ3) is 19.6. The molecule has 0 radical (unpaired) electrons. The number of rotatable bonds is 22. The van der Waals surface area contributed by atoms with E-state index in [0.29, 0.717) is 128 Å². The van der Waals surface area contributed by atoms with Gasteiger partial charge in [-0.3, -0.25) is 14.6 Å². The molecule has 0 bridgehead atoms. The highest BCUT2D eigenvalue weighted by atomic mass is 32.2. The number of ether oxygens (including phenoxy) is 1. The largest absolute Gasteiger partial charge is 0.465 e. The third-order valence-electron chi connectivity index (χ3n) is 15.9. The molecule has 0 saturated carbocycles. The average molecular weight is 1610 g/mol. The standard InChI is InChI=1S/C24H17N5OS.C20H17N7O2S2.C19H12N6S.C17H14N6OS2/c1-15(30)17-11-5-6-12-18(17)21-23(27-22(26-21)16-9-3-2-4-10-16)28-29-24-25-19-13-7-8-14-20(19)31-24;1-3-30-20-27-26-19(31-20)25-24-17-15(13-8-4-5-9-14(13)18(28)29-2)22-16(23-17)12-7-6-10-21-11-12;20-12-14-8-4-5-9-15(14)16-18(24-25-19-21-10-11-26-19)23-17(22-16)13-6-2-1-3-7-13;1-10(24)9-25-17-15(19-14(20-17)12-7-5-4-6-8-12)21-22-16-13(18-3)11(2)23-26-16/h2-14H,1H3,(H,26,27);4-11H,3H2,1-2H3,(H,22,23);1-11H,(H,22,23);4-8H,9H2,1-2H3,(H,19,20). The molecule has 0 aliphatic carbocycles. The van der Waals surface area contributed by atoms with Gasteiger partial charge in [0.15, 0.2) is 20.9 Å². The summed E-state index contributed by atoms with van der Waals surface area (Å²) in [5.41, 5.74) is 10.9. The monoisotopic (exact) mass is 1610 g/mol. The van der Waals surface area contributed by atoms with Crippen molar-refractivity contribution in [2.24, 2.45) is 40.9 Å². The number of esters is 1. The average Bonchev–Trinajstić information content (AvgIpc) is 1.63. The van der Waals surface area contributed by atoms with Gasteiger partial charge >= 0.3 is 5.97 Å². The van der Waals surface area contributed by atoms with Gasteiger partial charge in [-0.1, -0.05) is 217 Å². The predicted molar refractivity (Wildman–Crippen MR) is 446 cm³/mol. The van der Waals surface area contributed by atoms with Gasteiger partial charge in [-0.25, -0.2) is 43.9 Å². The lowest BCUT2D eigenvalue weighted by Crippen LogP contribution is -2.03. The molecule has 34 heteroatoms. The first kappa shape index (κ1) is 78.3. The van der Waals surface area contributed by atoms with E-state index in [1.807, 2.05) is 182 Å². The molecule has 0 atom stereocenters. The molecule has 9 heterocycles. The molecule has 0 amide bonds. The molecule has 28 nitrogen and oxygen atoms in total. The Morgan fingerprint density at radius 2 is 1.10 bits per heavy atom. The number of hydrogen-bond donors (Lipinski definition) is 4. The molecule has 16 rings (SSSR count). The maximum absolute atomic E-state index is 12.3.